The van der Waals surface area contributed by atoms with Crippen LogP contribution < -0.4 is 0 Å². The molecule has 0 saturated carbocycles. The van der Waals surface area contributed by atoms with E-state index < -0.39 is 0 Å². The fourth-order valence-corrected chi connectivity index (χ4v) is 4.40. The quantitative estimate of drug-likeness (QED) is 0.278. The zero-order valence-corrected chi connectivity index (χ0v) is 16.4. The second-order valence-electron chi connectivity index (χ2n) is 7.73. The van der Waals surface area contributed by atoms with E-state index in [0.29, 0.717) is 0 Å². The molecule has 0 unspecified atom stereocenters. The van der Waals surface area contributed by atoms with Crippen molar-refractivity contribution in [2.24, 2.45) is 0 Å². The van der Waals surface area contributed by atoms with Gasteiger partial charge in [-0.25, -0.2) is 0 Å². The molecule has 0 spiro atoms. The summed E-state index contributed by atoms with van der Waals surface area (Å²) >= 11 is 0. The number of furan rings is 1. The summed E-state index contributed by atoms with van der Waals surface area (Å²) in [5.74, 6) is 0. The molecule has 0 atom stereocenters. The van der Waals surface area contributed by atoms with E-state index in [0.717, 1.165) is 33.2 Å². The Bertz CT molecular complexity index is 1570. The highest BCUT2D eigenvalue weighted by atomic mass is 16.3. The second kappa shape index (κ2) is 5.92. The molecule has 2 heteroatoms. The maximum atomic E-state index is 6.59. The third-order valence-electron chi connectivity index (χ3n) is 6.02. The number of pyridine rings is 1. The van der Waals surface area contributed by atoms with E-state index in [1.807, 2.05) is 6.20 Å². The van der Waals surface area contributed by atoms with E-state index in [-0.39, 0.29) is 0 Å². The van der Waals surface area contributed by atoms with Gasteiger partial charge in [0.1, 0.15) is 11.2 Å². The Kier molecular flexibility index (Phi) is 3.33. The zero-order valence-electron chi connectivity index (χ0n) is 16.4. The first kappa shape index (κ1) is 16.3. The zero-order chi connectivity index (χ0) is 19.5. The monoisotopic (exact) mass is 373 g/mol. The third-order valence-corrected chi connectivity index (χ3v) is 6.02. The highest BCUT2D eigenvalue weighted by Crippen LogP contribution is 2.43. The SMILES string of the molecule is Cc1cnc(-c2cccc3c2oc2c4ccccc4c4ccccc4c32)cc1C. The Morgan fingerprint density at radius 1 is 0.621 bits per heavy atom. The predicted octanol–water partition coefficient (Wildman–Crippen LogP) is 7.57. The number of rotatable bonds is 1. The standard InChI is InChI=1S/C27H19NO/c1-16-14-24(28-15-17(16)2)22-12-7-13-23-25-20-10-5-3-8-18(20)19-9-4-6-11-21(19)27(25)29-26(22)23/h3-15H,1-2H3. The molecule has 138 valence electrons. The van der Waals surface area contributed by atoms with Crippen molar-refractivity contribution in [3.8, 4) is 11.3 Å². The molecule has 2 aromatic heterocycles. The minimum Gasteiger partial charge on any atom is -0.455 e. The van der Waals surface area contributed by atoms with Crippen molar-refractivity contribution in [1.82, 2.24) is 4.98 Å². The third kappa shape index (κ3) is 2.26. The lowest BCUT2D eigenvalue weighted by molar-refractivity contribution is 0.673. The first-order valence-electron chi connectivity index (χ1n) is 9.90. The molecule has 2 heterocycles. The van der Waals surface area contributed by atoms with Crippen LogP contribution in [0.15, 0.2) is 83.4 Å². The van der Waals surface area contributed by atoms with E-state index in [1.165, 1.54) is 32.7 Å². The van der Waals surface area contributed by atoms with Crippen LogP contribution in [0.25, 0.3) is 54.7 Å². The maximum Gasteiger partial charge on any atom is 0.144 e. The molecule has 4 aromatic carbocycles. The molecule has 0 saturated heterocycles. The van der Waals surface area contributed by atoms with Crippen molar-refractivity contribution in [2.75, 3.05) is 0 Å². The Balaban J connectivity index is 1.83. The number of aromatic nitrogens is 1. The van der Waals surface area contributed by atoms with Crippen LogP contribution in [0.2, 0.25) is 0 Å². The summed E-state index contributed by atoms with van der Waals surface area (Å²) in [6.07, 6.45) is 1.94. The van der Waals surface area contributed by atoms with E-state index in [2.05, 4.69) is 86.6 Å². The Morgan fingerprint density at radius 3 is 2.03 bits per heavy atom. The molecule has 0 aliphatic rings. The largest absolute Gasteiger partial charge is 0.455 e. The number of hydrogen-bond acceptors (Lipinski definition) is 2. The molecule has 6 aromatic rings. The number of fused-ring (bicyclic) bond motifs is 8. The number of hydrogen-bond donors (Lipinski definition) is 0. The average molecular weight is 373 g/mol. The summed E-state index contributed by atoms with van der Waals surface area (Å²) in [6.45, 7) is 4.21. The van der Waals surface area contributed by atoms with Crippen LogP contribution in [-0.4, -0.2) is 4.98 Å². The topological polar surface area (TPSA) is 26.0 Å². The number of nitrogens with zero attached hydrogens (tertiary/aromatic N) is 1. The van der Waals surface area contributed by atoms with Gasteiger partial charge in [-0.05, 0) is 53.3 Å². The highest BCUT2D eigenvalue weighted by molar-refractivity contribution is 6.30. The molecule has 2 nitrogen and oxygen atoms in total. The van der Waals surface area contributed by atoms with Gasteiger partial charge >= 0.3 is 0 Å². The summed E-state index contributed by atoms with van der Waals surface area (Å²) in [4.78, 5) is 4.69. The second-order valence-corrected chi connectivity index (χ2v) is 7.73. The van der Waals surface area contributed by atoms with E-state index in [9.17, 15) is 0 Å². The van der Waals surface area contributed by atoms with Gasteiger partial charge in [-0.1, -0.05) is 60.7 Å². The lowest BCUT2D eigenvalue weighted by Crippen LogP contribution is -1.88. The van der Waals surface area contributed by atoms with Crippen LogP contribution in [0.3, 0.4) is 0 Å². The van der Waals surface area contributed by atoms with Crippen molar-refractivity contribution < 1.29 is 4.42 Å². The molecule has 29 heavy (non-hydrogen) atoms. The smallest absolute Gasteiger partial charge is 0.144 e. The van der Waals surface area contributed by atoms with E-state index in [1.54, 1.807) is 0 Å². The van der Waals surface area contributed by atoms with Gasteiger partial charge in [-0.3, -0.25) is 4.98 Å². The fraction of sp³-hybridized carbons (Fsp3) is 0.0741. The molecule has 0 fully saturated rings. The molecular formula is C27H19NO. The molecule has 0 aliphatic carbocycles. The van der Waals surface area contributed by atoms with Gasteiger partial charge in [0.05, 0.1) is 5.69 Å². The highest BCUT2D eigenvalue weighted by Gasteiger charge is 2.18. The Morgan fingerprint density at radius 2 is 1.28 bits per heavy atom. The molecule has 0 aliphatic heterocycles. The predicted molar refractivity (Wildman–Crippen MR) is 121 cm³/mol. The average Bonchev–Trinajstić information content (AvgIpc) is 3.16. The minimum absolute atomic E-state index is 0.903. The van der Waals surface area contributed by atoms with Crippen LogP contribution in [0.1, 0.15) is 11.1 Å². The lowest BCUT2D eigenvalue weighted by Gasteiger charge is -2.06. The van der Waals surface area contributed by atoms with Crippen LogP contribution >= 0.6 is 0 Å². The van der Waals surface area contributed by atoms with Crippen molar-refractivity contribution in [2.45, 2.75) is 13.8 Å². The maximum absolute atomic E-state index is 6.59. The van der Waals surface area contributed by atoms with Gasteiger partial charge in [-0.15, -0.1) is 0 Å². The van der Waals surface area contributed by atoms with E-state index >= 15 is 0 Å². The first-order chi connectivity index (χ1) is 14.2. The number of benzene rings is 4. The van der Waals surface area contributed by atoms with Crippen LogP contribution in [0, 0.1) is 13.8 Å². The van der Waals surface area contributed by atoms with Gasteiger partial charge < -0.3 is 4.42 Å². The summed E-state index contributed by atoms with van der Waals surface area (Å²) in [6, 6.07) is 25.6. The van der Waals surface area contributed by atoms with Crippen molar-refractivity contribution in [3.05, 3.63) is 90.1 Å². The molecule has 0 amide bonds. The Labute approximate surface area is 168 Å². The van der Waals surface area contributed by atoms with Crippen molar-refractivity contribution >= 4 is 43.5 Å². The van der Waals surface area contributed by atoms with Crippen LogP contribution in [0.4, 0.5) is 0 Å². The minimum atomic E-state index is 0.903. The Hall–Kier alpha value is -3.65. The van der Waals surface area contributed by atoms with Gasteiger partial charge in [0.25, 0.3) is 0 Å². The van der Waals surface area contributed by atoms with Gasteiger partial charge in [0.2, 0.25) is 0 Å². The molecule has 6 rings (SSSR count). The van der Waals surface area contributed by atoms with Gasteiger partial charge in [0.15, 0.2) is 0 Å². The van der Waals surface area contributed by atoms with E-state index in [4.69, 9.17) is 9.40 Å². The summed E-state index contributed by atoms with van der Waals surface area (Å²) in [7, 11) is 0. The van der Waals surface area contributed by atoms with Crippen LogP contribution in [-0.2, 0) is 0 Å². The summed E-state index contributed by atoms with van der Waals surface area (Å²) in [5.41, 5.74) is 6.27. The fourth-order valence-electron chi connectivity index (χ4n) is 4.40. The molecule has 0 bridgehead atoms. The lowest BCUT2D eigenvalue weighted by atomic mass is 9.96. The normalized spacial score (nSPS) is 11.8. The van der Waals surface area contributed by atoms with Gasteiger partial charge in [0, 0.05) is 27.9 Å². The van der Waals surface area contributed by atoms with Crippen molar-refractivity contribution in [1.29, 1.82) is 0 Å². The number of aryl methyl sites for hydroxylation is 2. The summed E-state index contributed by atoms with van der Waals surface area (Å²) < 4.78 is 6.59. The molecule has 0 N–H and O–H groups in total. The van der Waals surface area contributed by atoms with Gasteiger partial charge in [-0.2, -0.15) is 0 Å². The summed E-state index contributed by atoms with van der Waals surface area (Å²) in [5, 5.41) is 7.18. The molecule has 0 radical (unpaired) electrons. The van der Waals surface area contributed by atoms with Crippen LogP contribution in [0.5, 0.6) is 0 Å². The van der Waals surface area contributed by atoms with Crippen molar-refractivity contribution in [3.63, 3.8) is 0 Å². The molecular weight excluding hydrogens is 354 g/mol. The number of para-hydroxylation sites is 1. The first-order valence-corrected chi connectivity index (χ1v) is 9.90.